The van der Waals surface area contributed by atoms with Crippen LogP contribution in [0.3, 0.4) is 0 Å². The summed E-state index contributed by atoms with van der Waals surface area (Å²) in [5.41, 5.74) is -2.74. The van der Waals surface area contributed by atoms with Crippen LogP contribution in [0.15, 0.2) is 59.7 Å². The first kappa shape index (κ1) is 39.4. The van der Waals surface area contributed by atoms with Crippen molar-refractivity contribution >= 4 is 11.9 Å². The first-order valence-corrected chi connectivity index (χ1v) is 16.4. The molecule has 0 fully saturated rings. The number of aryl methyl sites for hydroxylation is 4. The maximum absolute atomic E-state index is 16.6. The molecule has 274 valence electrons. The largest absolute Gasteiger partial charge is 0.481 e. The highest BCUT2D eigenvalue weighted by Gasteiger charge is 2.36. The molecule has 0 aliphatic rings. The molecule has 0 bridgehead atoms. The molecule has 52 heavy (non-hydrogen) atoms. The van der Waals surface area contributed by atoms with Gasteiger partial charge in [-0.3, -0.25) is 19.4 Å². The van der Waals surface area contributed by atoms with Gasteiger partial charge in [-0.1, -0.05) is 25.8 Å². The number of alkyl halides is 3. The molecule has 2 aromatic carbocycles. The fourth-order valence-corrected chi connectivity index (χ4v) is 6.27. The van der Waals surface area contributed by atoms with Crippen molar-refractivity contribution < 1.29 is 41.0 Å². The molecule has 0 saturated heterocycles. The zero-order valence-electron chi connectivity index (χ0n) is 29.1. The number of rotatable bonds is 12. The highest BCUT2D eigenvalue weighted by Crippen LogP contribution is 2.38. The summed E-state index contributed by atoms with van der Waals surface area (Å²) in [5, 5.41) is 12.2. The Kier molecular flexibility index (Phi) is 12.4. The van der Waals surface area contributed by atoms with Crippen molar-refractivity contribution in [3.8, 4) is 23.0 Å². The molecular formula is C39H37F6N3O4. The maximum atomic E-state index is 16.6. The van der Waals surface area contributed by atoms with Crippen LogP contribution in [0.5, 0.6) is 0 Å². The number of nitrogens with zero attached hydrogens (tertiary/aromatic N) is 2. The van der Waals surface area contributed by atoms with Gasteiger partial charge < -0.3 is 15.0 Å². The molecule has 2 aromatic heterocycles. The second-order valence-corrected chi connectivity index (χ2v) is 12.9. The van der Waals surface area contributed by atoms with E-state index < -0.39 is 70.7 Å². The molecular weight excluding hydrogens is 688 g/mol. The fraction of sp³-hybridized carbons (Fsp3) is 0.333. The molecule has 2 N–H and O–H groups in total. The lowest BCUT2D eigenvalue weighted by Crippen LogP contribution is -2.41. The van der Waals surface area contributed by atoms with Crippen LogP contribution in [0.4, 0.5) is 26.3 Å². The Morgan fingerprint density at radius 2 is 1.67 bits per heavy atom. The molecule has 0 unspecified atom stereocenters. The summed E-state index contributed by atoms with van der Waals surface area (Å²) in [7, 11) is 0. The third-order valence-corrected chi connectivity index (χ3v) is 8.48. The number of hydrogen-bond acceptors (Lipinski definition) is 4. The first-order valence-electron chi connectivity index (χ1n) is 16.4. The summed E-state index contributed by atoms with van der Waals surface area (Å²) in [6.45, 7) is 7.81. The van der Waals surface area contributed by atoms with E-state index in [0.717, 1.165) is 29.0 Å². The van der Waals surface area contributed by atoms with E-state index in [9.17, 15) is 37.1 Å². The van der Waals surface area contributed by atoms with Crippen LogP contribution in [0.1, 0.15) is 84.8 Å². The lowest BCUT2D eigenvalue weighted by atomic mass is 9.89. The van der Waals surface area contributed by atoms with Gasteiger partial charge in [-0.25, -0.2) is 13.2 Å². The molecule has 0 radical (unpaired) electrons. The predicted octanol–water partition coefficient (Wildman–Crippen LogP) is 8.04. The minimum atomic E-state index is -4.90. The molecule has 0 spiro atoms. The van der Waals surface area contributed by atoms with Crippen LogP contribution < -0.4 is 10.9 Å². The Morgan fingerprint density at radius 1 is 1.00 bits per heavy atom. The molecule has 4 aromatic rings. The van der Waals surface area contributed by atoms with Crippen molar-refractivity contribution in [2.75, 3.05) is 0 Å². The number of halogens is 6. The minimum Gasteiger partial charge on any atom is -0.481 e. The van der Waals surface area contributed by atoms with Gasteiger partial charge >= 0.3 is 12.1 Å². The minimum absolute atomic E-state index is 0.0781. The number of carbonyl (C=O) groups excluding carboxylic acids is 1. The molecule has 1 amide bonds. The van der Waals surface area contributed by atoms with Crippen molar-refractivity contribution in [3.63, 3.8) is 0 Å². The molecule has 0 saturated carbocycles. The topological polar surface area (TPSA) is 101 Å². The van der Waals surface area contributed by atoms with Crippen molar-refractivity contribution in [1.82, 2.24) is 14.9 Å². The number of nitrogens with one attached hydrogen (secondary N) is 1. The van der Waals surface area contributed by atoms with E-state index in [0.29, 0.717) is 22.9 Å². The summed E-state index contributed by atoms with van der Waals surface area (Å²) in [4.78, 5) is 43.6. The predicted molar refractivity (Wildman–Crippen MR) is 183 cm³/mol. The Labute approximate surface area is 296 Å². The highest BCUT2D eigenvalue weighted by molar-refractivity contribution is 5.82. The molecule has 13 heteroatoms. The van der Waals surface area contributed by atoms with Gasteiger partial charge in [0.25, 0.3) is 5.56 Å². The van der Waals surface area contributed by atoms with Gasteiger partial charge in [0.1, 0.15) is 23.5 Å². The Balaban J connectivity index is 1.87. The average Bonchev–Trinajstić information content (AvgIpc) is 3.04. The number of carboxylic acids is 1. The number of pyridine rings is 2. The maximum Gasteiger partial charge on any atom is 0.416 e. The van der Waals surface area contributed by atoms with Crippen molar-refractivity contribution in [2.24, 2.45) is 5.92 Å². The number of aromatic nitrogens is 2. The van der Waals surface area contributed by atoms with E-state index in [1.165, 1.54) is 27.0 Å². The van der Waals surface area contributed by atoms with Crippen LogP contribution >= 0.6 is 0 Å². The first-order chi connectivity index (χ1) is 24.4. The Hall–Kier alpha value is -5.38. The summed E-state index contributed by atoms with van der Waals surface area (Å²) in [6.07, 6.45) is -3.72. The Bertz CT molecular complexity index is 2080. The quantitative estimate of drug-likeness (QED) is 0.114. The number of carbonyl (C=O) groups is 2. The lowest BCUT2D eigenvalue weighted by molar-refractivity contribution is -0.139. The zero-order valence-corrected chi connectivity index (χ0v) is 29.1. The summed E-state index contributed by atoms with van der Waals surface area (Å²) >= 11 is 0. The fourth-order valence-electron chi connectivity index (χ4n) is 6.27. The normalized spacial score (nSPS) is 12.6. The monoisotopic (exact) mass is 725 g/mol. The van der Waals surface area contributed by atoms with Gasteiger partial charge in [0, 0.05) is 35.3 Å². The molecule has 4 rings (SSSR count). The van der Waals surface area contributed by atoms with E-state index in [1.807, 2.05) is 0 Å². The second kappa shape index (κ2) is 16.3. The molecule has 2 atom stereocenters. The van der Waals surface area contributed by atoms with Gasteiger partial charge in [-0.2, -0.15) is 13.2 Å². The van der Waals surface area contributed by atoms with Crippen LogP contribution in [0, 0.1) is 49.1 Å². The van der Waals surface area contributed by atoms with Gasteiger partial charge in [-0.05, 0) is 98.5 Å². The number of amides is 1. The third kappa shape index (κ3) is 9.09. The Morgan fingerprint density at radius 3 is 2.23 bits per heavy atom. The van der Waals surface area contributed by atoms with E-state index >= 15 is 8.78 Å². The van der Waals surface area contributed by atoms with Crippen LogP contribution in [0.2, 0.25) is 0 Å². The molecule has 7 nitrogen and oxygen atoms in total. The molecule has 0 aliphatic carbocycles. The standard InChI is InChI=1S/C39H37F6N3O4/c1-6-9-24-17-28(34-22(4)15-26(40)16-23(34)5)37(42)35(36(24)41)30(19-33(50)51)47-38(52)31(14-21(2)3)48-20-25(11-12-27-10-7-8-13-46-27)29(18-32(48)49)39(43,44)45/h7-8,10,13,15-18,20-21,30-31H,11-12,14,19H2,1-5H3,(H,47,52)(H,50,51)/t30-,31-/m0/s1. The van der Waals surface area contributed by atoms with Gasteiger partial charge in [-0.15, -0.1) is 5.92 Å². The van der Waals surface area contributed by atoms with Crippen molar-refractivity contribution in [2.45, 2.75) is 78.6 Å². The van der Waals surface area contributed by atoms with Crippen LogP contribution in [-0.2, 0) is 28.6 Å². The average molecular weight is 726 g/mol. The summed E-state index contributed by atoms with van der Waals surface area (Å²) in [5.74, 6) is -0.954. The van der Waals surface area contributed by atoms with E-state index in [-0.39, 0.29) is 47.4 Å². The van der Waals surface area contributed by atoms with Gasteiger partial charge in [0.05, 0.1) is 23.6 Å². The number of hydrogen-bond donors (Lipinski definition) is 2. The number of aliphatic carboxylic acids is 1. The number of benzene rings is 2. The smallest absolute Gasteiger partial charge is 0.416 e. The lowest BCUT2D eigenvalue weighted by Gasteiger charge is -2.27. The second-order valence-electron chi connectivity index (χ2n) is 12.9. The zero-order chi connectivity index (χ0) is 38.5. The van der Waals surface area contributed by atoms with Crippen molar-refractivity contribution in [3.05, 3.63) is 122 Å². The molecule has 2 heterocycles. The number of carboxylic acid groups (broad SMARTS) is 1. The summed E-state index contributed by atoms with van der Waals surface area (Å²) < 4.78 is 90.1. The van der Waals surface area contributed by atoms with E-state index in [1.54, 1.807) is 32.0 Å². The summed E-state index contributed by atoms with van der Waals surface area (Å²) in [6, 6.07) is 5.38. The van der Waals surface area contributed by atoms with Crippen molar-refractivity contribution in [1.29, 1.82) is 0 Å². The van der Waals surface area contributed by atoms with E-state index in [2.05, 4.69) is 22.1 Å². The SMILES string of the molecule is CC#Cc1cc(-c2c(C)cc(F)cc2C)c(F)c([C@H](CC(=O)O)NC(=O)[C@H](CC(C)C)n2cc(CCc3ccccn3)c(C(F)(F)F)cc2=O)c1F. The van der Waals surface area contributed by atoms with Gasteiger partial charge in [0.2, 0.25) is 5.91 Å². The van der Waals surface area contributed by atoms with Crippen LogP contribution in [0.25, 0.3) is 11.1 Å². The highest BCUT2D eigenvalue weighted by atomic mass is 19.4. The van der Waals surface area contributed by atoms with Gasteiger partial charge in [0.15, 0.2) is 0 Å². The van der Waals surface area contributed by atoms with E-state index in [4.69, 9.17) is 0 Å². The van der Waals surface area contributed by atoms with Crippen LogP contribution in [-0.4, -0.2) is 26.5 Å². The third-order valence-electron chi connectivity index (χ3n) is 8.48. The molecule has 0 aliphatic heterocycles.